The van der Waals surface area contributed by atoms with E-state index in [1.807, 2.05) is 11.3 Å². The van der Waals surface area contributed by atoms with Gasteiger partial charge in [0.25, 0.3) is 0 Å². The minimum atomic E-state index is 1.16. The first-order valence-corrected chi connectivity index (χ1v) is 18.3. The smallest absolute Gasteiger partial charge is 0.0641 e. The topological polar surface area (TPSA) is 9.34 Å². The standard InChI is InChI=1S/C48H28N2S/c1-2-11-29(12-3-1)30-21-23-31(24-22-30)49-40-19-9-7-16-38(40)44-41(49)27-25-36-37-26-28-43-46-45-35(17-10-20-42(45)51-43)33-14-5-4-13-32(33)34-15-6-8-18-39(34)50(47(36)44)48(37)46/h1-28H. The molecule has 3 heteroatoms. The van der Waals surface area contributed by atoms with E-state index in [4.69, 9.17) is 0 Å². The van der Waals surface area contributed by atoms with Crippen molar-refractivity contribution in [3.63, 3.8) is 0 Å². The summed E-state index contributed by atoms with van der Waals surface area (Å²) in [5.74, 6) is 0. The van der Waals surface area contributed by atoms with Crippen molar-refractivity contribution in [2.45, 2.75) is 0 Å². The maximum absolute atomic E-state index is 2.62. The summed E-state index contributed by atoms with van der Waals surface area (Å²) in [4.78, 5) is 0. The highest BCUT2D eigenvalue weighted by molar-refractivity contribution is 7.26. The predicted molar refractivity (Wildman–Crippen MR) is 220 cm³/mol. The normalized spacial score (nSPS) is 12.3. The molecular weight excluding hydrogens is 637 g/mol. The van der Waals surface area contributed by atoms with Gasteiger partial charge in [0.2, 0.25) is 0 Å². The molecule has 0 atom stereocenters. The minimum Gasteiger partial charge on any atom is -0.309 e. The summed E-state index contributed by atoms with van der Waals surface area (Å²) in [6, 6.07) is 62.9. The van der Waals surface area contributed by atoms with E-state index in [1.165, 1.54) is 102 Å². The predicted octanol–water partition coefficient (Wildman–Crippen LogP) is 13.7. The monoisotopic (exact) mass is 664 g/mol. The van der Waals surface area contributed by atoms with E-state index in [9.17, 15) is 0 Å². The van der Waals surface area contributed by atoms with Gasteiger partial charge in [-0.15, -0.1) is 11.3 Å². The van der Waals surface area contributed by atoms with Crippen molar-refractivity contribution in [2.24, 2.45) is 0 Å². The van der Waals surface area contributed by atoms with E-state index in [1.54, 1.807) is 0 Å². The van der Waals surface area contributed by atoms with Crippen LogP contribution in [0.5, 0.6) is 0 Å². The Morgan fingerprint density at radius 3 is 1.71 bits per heavy atom. The van der Waals surface area contributed by atoms with Crippen molar-refractivity contribution in [1.29, 1.82) is 0 Å². The molecule has 12 aromatic rings. The summed E-state index contributed by atoms with van der Waals surface area (Å²) < 4.78 is 7.72. The largest absolute Gasteiger partial charge is 0.309 e. The number of nitrogens with zero attached hydrogens (tertiary/aromatic N) is 2. The van der Waals surface area contributed by atoms with Crippen LogP contribution < -0.4 is 0 Å². The second kappa shape index (κ2) is 10.1. The van der Waals surface area contributed by atoms with Crippen LogP contribution >= 0.6 is 11.3 Å². The highest BCUT2D eigenvalue weighted by Gasteiger charge is 2.23. The lowest BCUT2D eigenvalue weighted by Crippen LogP contribution is -1.94. The summed E-state index contributed by atoms with van der Waals surface area (Å²) in [7, 11) is 0. The first kappa shape index (κ1) is 27.4. The number of benzene rings is 8. The lowest BCUT2D eigenvalue weighted by molar-refractivity contribution is 1.18. The highest BCUT2D eigenvalue weighted by atomic mass is 32.1. The van der Waals surface area contributed by atoms with Gasteiger partial charge in [-0.05, 0) is 69.8 Å². The van der Waals surface area contributed by atoms with E-state index in [2.05, 4.69) is 179 Å². The van der Waals surface area contributed by atoms with Gasteiger partial charge in [-0.25, -0.2) is 0 Å². The first-order chi connectivity index (χ1) is 25.3. The molecule has 0 aliphatic rings. The molecule has 51 heavy (non-hydrogen) atoms. The third kappa shape index (κ3) is 3.60. The number of fused-ring (bicyclic) bond motifs is 12. The molecule has 236 valence electrons. The Morgan fingerprint density at radius 1 is 0.314 bits per heavy atom. The van der Waals surface area contributed by atoms with E-state index < -0.39 is 0 Å². The zero-order valence-corrected chi connectivity index (χ0v) is 28.3. The molecule has 0 fully saturated rings. The number of para-hydroxylation sites is 2. The molecule has 4 heterocycles. The Labute approximate surface area is 296 Å². The molecule has 0 N–H and O–H groups in total. The number of thiophene rings is 1. The zero-order chi connectivity index (χ0) is 33.2. The molecule has 2 nitrogen and oxygen atoms in total. The molecule has 0 unspecified atom stereocenters. The minimum absolute atomic E-state index is 1.16. The molecule has 0 bridgehead atoms. The Morgan fingerprint density at radius 2 is 0.902 bits per heavy atom. The van der Waals surface area contributed by atoms with Crippen molar-refractivity contribution in [1.82, 2.24) is 8.97 Å². The van der Waals surface area contributed by atoms with Gasteiger partial charge in [0.05, 0.1) is 27.6 Å². The molecule has 0 amide bonds. The van der Waals surface area contributed by atoms with E-state index >= 15 is 0 Å². The fourth-order valence-electron chi connectivity index (χ4n) is 8.97. The van der Waals surface area contributed by atoms with E-state index in [-0.39, 0.29) is 0 Å². The van der Waals surface area contributed by atoms with Crippen molar-refractivity contribution in [3.05, 3.63) is 170 Å². The molecule has 0 aliphatic carbocycles. The Bertz CT molecular complexity index is 3400. The first-order valence-electron chi connectivity index (χ1n) is 17.5. The Kier molecular flexibility index (Phi) is 5.41. The average molecular weight is 665 g/mol. The lowest BCUT2D eigenvalue weighted by Gasteiger charge is -2.10. The van der Waals surface area contributed by atoms with Crippen molar-refractivity contribution in [2.75, 3.05) is 0 Å². The molecule has 12 rings (SSSR count). The van der Waals surface area contributed by atoms with Crippen molar-refractivity contribution in [3.8, 4) is 16.8 Å². The summed E-state index contributed by atoms with van der Waals surface area (Å²) in [6.07, 6.45) is 0. The van der Waals surface area contributed by atoms with Gasteiger partial charge in [-0.2, -0.15) is 0 Å². The number of rotatable bonds is 2. The van der Waals surface area contributed by atoms with Gasteiger partial charge in [-0.1, -0.05) is 127 Å². The van der Waals surface area contributed by atoms with Gasteiger partial charge in [0, 0.05) is 52.8 Å². The molecule has 8 aromatic carbocycles. The maximum atomic E-state index is 2.62. The molecule has 0 aliphatic heterocycles. The molecule has 4 aromatic heterocycles. The summed E-state index contributed by atoms with van der Waals surface area (Å²) in [5.41, 5.74) is 9.78. The van der Waals surface area contributed by atoms with Crippen LogP contribution in [0.2, 0.25) is 0 Å². The Hall–Kier alpha value is -6.42. The van der Waals surface area contributed by atoms with Crippen LogP contribution in [0.1, 0.15) is 0 Å². The van der Waals surface area contributed by atoms with Crippen LogP contribution in [0.15, 0.2) is 170 Å². The van der Waals surface area contributed by atoms with Crippen LogP contribution in [0.3, 0.4) is 0 Å². The fraction of sp³-hybridized carbons (Fsp3) is 0. The van der Waals surface area contributed by atoms with Gasteiger partial charge >= 0.3 is 0 Å². The summed E-state index contributed by atoms with van der Waals surface area (Å²) in [6.45, 7) is 0. The van der Waals surface area contributed by atoms with E-state index in [0.717, 1.165) is 5.69 Å². The van der Waals surface area contributed by atoms with Crippen molar-refractivity contribution < 1.29 is 0 Å². The van der Waals surface area contributed by atoms with Crippen LogP contribution in [0.25, 0.3) is 108 Å². The average Bonchev–Trinajstić information content (AvgIpc) is 3.86. The molecular formula is C48H28N2S. The highest BCUT2D eigenvalue weighted by Crippen LogP contribution is 2.48. The number of hydrogen-bond acceptors (Lipinski definition) is 1. The van der Waals surface area contributed by atoms with Crippen LogP contribution in [0, 0.1) is 0 Å². The van der Waals surface area contributed by atoms with E-state index in [0.29, 0.717) is 0 Å². The van der Waals surface area contributed by atoms with Gasteiger partial charge in [0.15, 0.2) is 0 Å². The van der Waals surface area contributed by atoms with Gasteiger partial charge in [-0.3, -0.25) is 0 Å². The third-order valence-electron chi connectivity index (χ3n) is 11.1. The molecule has 0 spiro atoms. The third-order valence-corrected chi connectivity index (χ3v) is 12.2. The van der Waals surface area contributed by atoms with Gasteiger partial charge in [0.1, 0.15) is 0 Å². The quantitative estimate of drug-likeness (QED) is 0.174. The summed E-state index contributed by atoms with van der Waals surface area (Å²) in [5, 5.41) is 12.9. The molecule has 0 saturated carbocycles. The van der Waals surface area contributed by atoms with Crippen LogP contribution in [0.4, 0.5) is 0 Å². The summed E-state index contributed by atoms with van der Waals surface area (Å²) >= 11 is 1.90. The number of hydrogen-bond donors (Lipinski definition) is 0. The van der Waals surface area contributed by atoms with Crippen LogP contribution in [-0.4, -0.2) is 8.97 Å². The maximum Gasteiger partial charge on any atom is 0.0641 e. The van der Waals surface area contributed by atoms with Gasteiger partial charge < -0.3 is 8.97 Å². The second-order valence-corrected chi connectivity index (χ2v) is 14.7. The zero-order valence-electron chi connectivity index (χ0n) is 27.5. The van der Waals surface area contributed by atoms with Crippen LogP contribution in [-0.2, 0) is 0 Å². The lowest BCUT2D eigenvalue weighted by atomic mass is 10.0. The molecule has 0 saturated heterocycles. The number of aromatic nitrogens is 2. The second-order valence-electron chi connectivity index (χ2n) is 13.6. The molecule has 0 radical (unpaired) electrons. The SMILES string of the molecule is c1ccc(-c2ccc(-n3c4ccccc4c4c3ccc3c5ccc6sc7cccc8c9ccccc9c9ccccc9n(c5c6c78)c34)cc2)cc1. The Balaban J connectivity index is 1.34. The fourth-order valence-corrected chi connectivity index (χ4v) is 10.1. The van der Waals surface area contributed by atoms with Crippen molar-refractivity contribution >= 4 is 102 Å².